The SMILES string of the molecule is CCC1CCCCC1OC(=O)c1cc(N)c(F)cc1Br. The highest BCUT2D eigenvalue weighted by molar-refractivity contribution is 9.10. The van der Waals surface area contributed by atoms with Gasteiger partial charge in [-0.05, 0) is 59.7 Å². The summed E-state index contributed by atoms with van der Waals surface area (Å²) in [5, 5.41) is 0. The lowest BCUT2D eigenvalue weighted by Gasteiger charge is -2.30. The maximum absolute atomic E-state index is 13.3. The van der Waals surface area contributed by atoms with Gasteiger partial charge in [0.05, 0.1) is 11.3 Å². The normalized spacial score (nSPS) is 22.6. The number of rotatable bonds is 3. The largest absolute Gasteiger partial charge is 0.458 e. The van der Waals surface area contributed by atoms with Crippen molar-refractivity contribution in [2.24, 2.45) is 5.92 Å². The predicted octanol–water partition coefficient (Wildman–Crippen LogP) is 4.30. The van der Waals surface area contributed by atoms with Gasteiger partial charge in [-0.1, -0.05) is 13.3 Å². The molecule has 1 aromatic rings. The molecule has 1 fully saturated rings. The van der Waals surface area contributed by atoms with E-state index in [0.717, 1.165) is 25.7 Å². The number of ether oxygens (including phenoxy) is 1. The summed E-state index contributed by atoms with van der Waals surface area (Å²) in [7, 11) is 0. The quantitative estimate of drug-likeness (QED) is 0.657. The Morgan fingerprint density at radius 3 is 2.85 bits per heavy atom. The van der Waals surface area contributed by atoms with Crippen LogP contribution in [0.2, 0.25) is 0 Å². The van der Waals surface area contributed by atoms with E-state index < -0.39 is 11.8 Å². The van der Waals surface area contributed by atoms with E-state index in [1.807, 2.05) is 0 Å². The van der Waals surface area contributed by atoms with Gasteiger partial charge in [-0.3, -0.25) is 0 Å². The predicted molar refractivity (Wildman–Crippen MR) is 80.0 cm³/mol. The number of nitrogens with two attached hydrogens (primary N) is 1. The third-order valence-corrected chi connectivity index (χ3v) is 4.58. The van der Waals surface area contributed by atoms with E-state index >= 15 is 0 Å². The molecule has 1 aliphatic rings. The minimum Gasteiger partial charge on any atom is -0.458 e. The van der Waals surface area contributed by atoms with Gasteiger partial charge < -0.3 is 10.5 Å². The van der Waals surface area contributed by atoms with E-state index in [1.165, 1.54) is 18.6 Å². The second-order valence-electron chi connectivity index (χ2n) is 5.25. The van der Waals surface area contributed by atoms with Crippen LogP contribution in [0.15, 0.2) is 16.6 Å². The number of halogens is 2. The Morgan fingerprint density at radius 2 is 2.15 bits per heavy atom. The van der Waals surface area contributed by atoms with Gasteiger partial charge in [0.25, 0.3) is 0 Å². The summed E-state index contributed by atoms with van der Waals surface area (Å²) < 4.78 is 19.3. The molecule has 0 aliphatic heterocycles. The maximum Gasteiger partial charge on any atom is 0.339 e. The summed E-state index contributed by atoms with van der Waals surface area (Å²) in [6, 6.07) is 2.52. The number of anilines is 1. The van der Waals surface area contributed by atoms with Gasteiger partial charge in [0.2, 0.25) is 0 Å². The molecule has 0 spiro atoms. The average Bonchev–Trinajstić information content (AvgIpc) is 2.43. The van der Waals surface area contributed by atoms with Crippen molar-refractivity contribution in [1.82, 2.24) is 0 Å². The molecule has 0 aromatic heterocycles. The topological polar surface area (TPSA) is 52.3 Å². The Morgan fingerprint density at radius 1 is 1.45 bits per heavy atom. The fourth-order valence-corrected chi connectivity index (χ4v) is 3.20. The van der Waals surface area contributed by atoms with Crippen LogP contribution in [0.25, 0.3) is 0 Å². The van der Waals surface area contributed by atoms with Gasteiger partial charge in [-0.25, -0.2) is 9.18 Å². The van der Waals surface area contributed by atoms with Crippen molar-refractivity contribution in [2.75, 3.05) is 5.73 Å². The molecule has 20 heavy (non-hydrogen) atoms. The monoisotopic (exact) mass is 343 g/mol. The zero-order chi connectivity index (χ0) is 14.7. The lowest BCUT2D eigenvalue weighted by molar-refractivity contribution is 0.000617. The standard InChI is InChI=1S/C15H19BrFNO2/c1-2-9-5-3-4-6-14(9)20-15(19)10-7-13(18)12(17)8-11(10)16/h7-9,14H,2-6,18H2,1H3. The minimum atomic E-state index is -0.544. The van der Waals surface area contributed by atoms with Gasteiger partial charge in [0.15, 0.2) is 0 Å². The Balaban J connectivity index is 2.13. The van der Waals surface area contributed by atoms with Crippen molar-refractivity contribution >= 4 is 27.6 Å². The Labute approximate surface area is 126 Å². The Hall–Kier alpha value is -1.10. The Bertz CT molecular complexity index is 507. The molecule has 110 valence electrons. The molecule has 2 rings (SSSR count). The fraction of sp³-hybridized carbons (Fsp3) is 0.533. The molecule has 3 nitrogen and oxygen atoms in total. The minimum absolute atomic E-state index is 0.0422. The van der Waals surface area contributed by atoms with Crippen LogP contribution in [-0.4, -0.2) is 12.1 Å². The molecule has 2 unspecified atom stereocenters. The lowest BCUT2D eigenvalue weighted by Crippen LogP contribution is -2.29. The molecule has 2 N–H and O–H groups in total. The molecular weight excluding hydrogens is 325 g/mol. The molecule has 1 aliphatic carbocycles. The number of carbonyl (C=O) groups is 1. The summed E-state index contributed by atoms with van der Waals surface area (Å²) in [6.45, 7) is 2.11. The summed E-state index contributed by atoms with van der Waals surface area (Å²) in [5.74, 6) is -0.560. The van der Waals surface area contributed by atoms with Crippen LogP contribution in [0, 0.1) is 11.7 Å². The summed E-state index contributed by atoms with van der Waals surface area (Å²) in [5.41, 5.74) is 5.75. The smallest absolute Gasteiger partial charge is 0.339 e. The molecule has 0 amide bonds. The van der Waals surface area contributed by atoms with E-state index in [4.69, 9.17) is 10.5 Å². The van der Waals surface area contributed by atoms with E-state index in [1.54, 1.807) is 0 Å². The lowest BCUT2D eigenvalue weighted by atomic mass is 9.85. The molecule has 0 saturated heterocycles. The molecule has 0 bridgehead atoms. The maximum atomic E-state index is 13.3. The zero-order valence-electron chi connectivity index (χ0n) is 11.5. The van der Waals surface area contributed by atoms with Crippen LogP contribution < -0.4 is 5.73 Å². The third kappa shape index (κ3) is 3.32. The number of carbonyl (C=O) groups excluding carboxylic acids is 1. The number of hydrogen-bond donors (Lipinski definition) is 1. The highest BCUT2D eigenvalue weighted by atomic mass is 79.9. The van der Waals surface area contributed by atoms with E-state index in [2.05, 4.69) is 22.9 Å². The first-order valence-corrected chi connectivity index (χ1v) is 7.77. The summed E-state index contributed by atoms with van der Waals surface area (Å²) >= 11 is 3.18. The van der Waals surface area contributed by atoms with Crippen molar-refractivity contribution in [3.05, 3.63) is 28.0 Å². The molecular formula is C15H19BrFNO2. The molecule has 1 aromatic carbocycles. The van der Waals surface area contributed by atoms with Crippen molar-refractivity contribution in [1.29, 1.82) is 0 Å². The fourth-order valence-electron chi connectivity index (χ4n) is 2.72. The van der Waals surface area contributed by atoms with Crippen molar-refractivity contribution in [3.63, 3.8) is 0 Å². The number of esters is 1. The number of nitrogen functional groups attached to an aromatic ring is 1. The van der Waals surface area contributed by atoms with Gasteiger partial charge in [0, 0.05) is 4.47 Å². The number of benzene rings is 1. The molecule has 5 heteroatoms. The van der Waals surface area contributed by atoms with Crippen molar-refractivity contribution in [2.45, 2.75) is 45.1 Å². The van der Waals surface area contributed by atoms with Crippen LogP contribution in [0.3, 0.4) is 0 Å². The number of hydrogen-bond acceptors (Lipinski definition) is 3. The Kier molecular flexibility index (Phi) is 5.02. The van der Waals surface area contributed by atoms with Crippen molar-refractivity contribution < 1.29 is 13.9 Å². The van der Waals surface area contributed by atoms with Gasteiger partial charge in [-0.15, -0.1) is 0 Å². The summed E-state index contributed by atoms with van der Waals surface area (Å²) in [6.07, 6.45) is 5.24. The van der Waals surface area contributed by atoms with Gasteiger partial charge in [0.1, 0.15) is 11.9 Å². The van der Waals surface area contributed by atoms with E-state index in [0.29, 0.717) is 10.4 Å². The van der Waals surface area contributed by atoms with Crippen LogP contribution in [0.4, 0.5) is 10.1 Å². The van der Waals surface area contributed by atoms with E-state index in [-0.39, 0.29) is 17.4 Å². The molecule has 0 radical (unpaired) electrons. The van der Waals surface area contributed by atoms with Crippen LogP contribution in [0.5, 0.6) is 0 Å². The van der Waals surface area contributed by atoms with Gasteiger partial charge >= 0.3 is 5.97 Å². The summed E-state index contributed by atoms with van der Waals surface area (Å²) in [4.78, 5) is 12.2. The van der Waals surface area contributed by atoms with Crippen LogP contribution >= 0.6 is 15.9 Å². The first-order chi connectivity index (χ1) is 9.52. The molecule has 2 atom stereocenters. The second-order valence-corrected chi connectivity index (χ2v) is 6.10. The first-order valence-electron chi connectivity index (χ1n) is 6.98. The van der Waals surface area contributed by atoms with Crippen molar-refractivity contribution in [3.8, 4) is 0 Å². The first kappa shape index (κ1) is 15.3. The van der Waals surface area contributed by atoms with Gasteiger partial charge in [-0.2, -0.15) is 0 Å². The second kappa shape index (κ2) is 6.57. The average molecular weight is 344 g/mol. The molecule has 0 heterocycles. The third-order valence-electron chi connectivity index (χ3n) is 3.93. The van der Waals surface area contributed by atoms with Crippen LogP contribution in [-0.2, 0) is 4.74 Å². The van der Waals surface area contributed by atoms with Crippen LogP contribution in [0.1, 0.15) is 49.4 Å². The zero-order valence-corrected chi connectivity index (χ0v) is 13.1. The highest BCUT2D eigenvalue weighted by Crippen LogP contribution is 2.31. The molecule has 1 saturated carbocycles. The van der Waals surface area contributed by atoms with E-state index in [9.17, 15) is 9.18 Å². The highest BCUT2D eigenvalue weighted by Gasteiger charge is 2.28.